The van der Waals surface area contributed by atoms with E-state index in [0.717, 1.165) is 30.6 Å². The molecule has 0 aromatic heterocycles. The van der Waals surface area contributed by atoms with Gasteiger partial charge in [-0.15, -0.1) is 0 Å². The van der Waals surface area contributed by atoms with E-state index in [-0.39, 0.29) is 17.9 Å². The Labute approximate surface area is 126 Å². The molecule has 21 heavy (non-hydrogen) atoms. The average molecular weight is 291 g/mol. The summed E-state index contributed by atoms with van der Waals surface area (Å²) in [6.45, 7) is 2.44. The van der Waals surface area contributed by atoms with Crippen molar-refractivity contribution in [2.45, 2.75) is 38.2 Å². The van der Waals surface area contributed by atoms with Crippen LogP contribution < -0.4 is 4.74 Å². The van der Waals surface area contributed by atoms with E-state index in [0.29, 0.717) is 12.5 Å². The number of likely N-dealkylation sites (N-methyl/N-ethyl adjacent to an activating group) is 1. The Morgan fingerprint density at radius 2 is 2.00 bits per heavy atom. The lowest BCUT2D eigenvalue weighted by Crippen LogP contribution is -2.38. The molecule has 0 saturated heterocycles. The fourth-order valence-corrected chi connectivity index (χ4v) is 2.66. The maximum Gasteiger partial charge on any atom is 0.229 e. The maximum absolute atomic E-state index is 12.6. The SMILES string of the molecule is CCC(C(=O)N(C)CC(O)C1CC1)c1ccc(OC)cc1. The van der Waals surface area contributed by atoms with Crippen molar-refractivity contribution in [1.82, 2.24) is 4.90 Å². The zero-order valence-electron chi connectivity index (χ0n) is 13.1. The predicted octanol–water partition coefficient (Wildman–Crippen LogP) is 2.42. The topological polar surface area (TPSA) is 49.8 Å². The Morgan fingerprint density at radius 3 is 2.48 bits per heavy atom. The van der Waals surface area contributed by atoms with Crippen LogP contribution in [0.1, 0.15) is 37.7 Å². The second-order valence-corrected chi connectivity index (χ2v) is 5.86. The van der Waals surface area contributed by atoms with E-state index < -0.39 is 0 Å². The van der Waals surface area contributed by atoms with Crippen molar-refractivity contribution in [1.29, 1.82) is 0 Å². The molecular weight excluding hydrogens is 266 g/mol. The van der Waals surface area contributed by atoms with Crippen molar-refractivity contribution in [3.05, 3.63) is 29.8 Å². The maximum atomic E-state index is 12.6. The molecule has 1 aliphatic carbocycles. The van der Waals surface area contributed by atoms with Gasteiger partial charge in [-0.2, -0.15) is 0 Å². The summed E-state index contributed by atoms with van der Waals surface area (Å²) in [6, 6.07) is 7.64. The fraction of sp³-hybridized carbons (Fsp3) is 0.588. The fourth-order valence-electron chi connectivity index (χ4n) is 2.66. The Bertz CT molecular complexity index is 467. The van der Waals surface area contributed by atoms with Crippen molar-refractivity contribution in [2.24, 2.45) is 5.92 Å². The molecule has 2 atom stereocenters. The Balaban J connectivity index is 2.02. The van der Waals surface area contributed by atoms with E-state index in [4.69, 9.17) is 4.74 Å². The highest BCUT2D eigenvalue weighted by Gasteiger charge is 2.32. The highest BCUT2D eigenvalue weighted by atomic mass is 16.5. The number of rotatable bonds is 7. The van der Waals surface area contributed by atoms with Crippen molar-refractivity contribution in [3.63, 3.8) is 0 Å². The Kier molecular flexibility index (Phi) is 5.23. The molecule has 0 aliphatic heterocycles. The van der Waals surface area contributed by atoms with E-state index in [9.17, 15) is 9.90 Å². The number of amides is 1. The summed E-state index contributed by atoms with van der Waals surface area (Å²) in [5, 5.41) is 9.99. The van der Waals surface area contributed by atoms with Crippen LogP contribution in [0.4, 0.5) is 0 Å². The van der Waals surface area contributed by atoms with Gasteiger partial charge in [-0.25, -0.2) is 0 Å². The van der Waals surface area contributed by atoms with Crippen LogP contribution in [0.15, 0.2) is 24.3 Å². The van der Waals surface area contributed by atoms with Gasteiger partial charge in [-0.05, 0) is 42.9 Å². The monoisotopic (exact) mass is 291 g/mol. The van der Waals surface area contributed by atoms with Gasteiger partial charge in [-0.3, -0.25) is 4.79 Å². The first-order valence-electron chi connectivity index (χ1n) is 7.63. The summed E-state index contributed by atoms with van der Waals surface area (Å²) in [5.74, 6) is 1.09. The lowest BCUT2D eigenvalue weighted by molar-refractivity contribution is -0.133. The summed E-state index contributed by atoms with van der Waals surface area (Å²) in [5.41, 5.74) is 0.996. The van der Waals surface area contributed by atoms with Crippen LogP contribution in [0.5, 0.6) is 5.75 Å². The minimum Gasteiger partial charge on any atom is -0.497 e. The third kappa shape index (κ3) is 3.97. The van der Waals surface area contributed by atoms with Crippen LogP contribution in [-0.4, -0.2) is 42.7 Å². The quantitative estimate of drug-likeness (QED) is 0.839. The van der Waals surface area contributed by atoms with Gasteiger partial charge in [0.2, 0.25) is 5.91 Å². The third-order valence-electron chi connectivity index (χ3n) is 4.23. The molecule has 1 aromatic carbocycles. The molecule has 0 radical (unpaired) electrons. The smallest absolute Gasteiger partial charge is 0.229 e. The van der Waals surface area contributed by atoms with Crippen molar-refractivity contribution in [3.8, 4) is 5.75 Å². The first-order chi connectivity index (χ1) is 10.1. The normalized spacial score (nSPS) is 17.1. The number of carbonyl (C=O) groups excluding carboxylic acids is 1. The molecule has 2 unspecified atom stereocenters. The number of ether oxygens (including phenoxy) is 1. The number of nitrogens with zero attached hydrogens (tertiary/aromatic N) is 1. The molecule has 1 amide bonds. The molecule has 1 aromatic rings. The number of carbonyl (C=O) groups is 1. The first-order valence-corrected chi connectivity index (χ1v) is 7.63. The minimum atomic E-state index is -0.382. The molecule has 116 valence electrons. The van der Waals surface area contributed by atoms with E-state index in [1.165, 1.54) is 0 Å². The third-order valence-corrected chi connectivity index (χ3v) is 4.23. The molecule has 0 spiro atoms. The Morgan fingerprint density at radius 1 is 1.38 bits per heavy atom. The standard InChI is InChI=1S/C17H25NO3/c1-4-15(12-7-9-14(21-3)10-8-12)17(20)18(2)11-16(19)13-5-6-13/h7-10,13,15-16,19H,4-6,11H2,1-3H3. The second kappa shape index (κ2) is 6.94. The van der Waals surface area contributed by atoms with Gasteiger partial charge in [0.25, 0.3) is 0 Å². The predicted molar refractivity (Wildman–Crippen MR) is 82.4 cm³/mol. The molecule has 1 saturated carbocycles. The van der Waals surface area contributed by atoms with Crippen LogP contribution in [-0.2, 0) is 4.79 Å². The highest BCUT2D eigenvalue weighted by Crippen LogP contribution is 2.33. The number of benzene rings is 1. The zero-order chi connectivity index (χ0) is 15.4. The summed E-state index contributed by atoms with van der Waals surface area (Å²) in [6.07, 6.45) is 2.53. The van der Waals surface area contributed by atoms with E-state index in [1.807, 2.05) is 31.2 Å². The number of hydrogen-bond acceptors (Lipinski definition) is 3. The van der Waals surface area contributed by atoms with Gasteiger partial charge in [0.15, 0.2) is 0 Å². The highest BCUT2D eigenvalue weighted by molar-refractivity contribution is 5.83. The van der Waals surface area contributed by atoms with Gasteiger partial charge in [0.05, 0.1) is 19.1 Å². The number of hydrogen-bond donors (Lipinski definition) is 1. The number of aliphatic hydroxyl groups excluding tert-OH is 1. The zero-order valence-corrected chi connectivity index (χ0v) is 13.1. The van der Waals surface area contributed by atoms with E-state index in [2.05, 4.69) is 0 Å². The van der Waals surface area contributed by atoms with Crippen LogP contribution in [0.2, 0.25) is 0 Å². The van der Waals surface area contributed by atoms with Crippen LogP contribution in [0.25, 0.3) is 0 Å². The van der Waals surface area contributed by atoms with E-state index >= 15 is 0 Å². The molecule has 0 heterocycles. The van der Waals surface area contributed by atoms with Gasteiger partial charge in [0.1, 0.15) is 5.75 Å². The van der Waals surface area contributed by atoms with E-state index in [1.54, 1.807) is 19.1 Å². The lowest BCUT2D eigenvalue weighted by atomic mass is 9.95. The number of methoxy groups -OCH3 is 1. The molecule has 1 fully saturated rings. The van der Waals surface area contributed by atoms with Crippen LogP contribution >= 0.6 is 0 Å². The van der Waals surface area contributed by atoms with Crippen molar-refractivity contribution in [2.75, 3.05) is 20.7 Å². The minimum absolute atomic E-state index is 0.0716. The molecule has 1 N–H and O–H groups in total. The van der Waals surface area contributed by atoms with Crippen molar-refractivity contribution < 1.29 is 14.6 Å². The Hall–Kier alpha value is -1.55. The largest absolute Gasteiger partial charge is 0.497 e. The average Bonchev–Trinajstić information content (AvgIpc) is 3.33. The van der Waals surface area contributed by atoms with Gasteiger partial charge in [0, 0.05) is 13.6 Å². The molecule has 2 rings (SSSR count). The second-order valence-electron chi connectivity index (χ2n) is 5.86. The van der Waals surface area contributed by atoms with Crippen LogP contribution in [0.3, 0.4) is 0 Å². The summed E-state index contributed by atoms with van der Waals surface area (Å²) < 4.78 is 5.15. The first kappa shape index (κ1) is 15.8. The summed E-state index contributed by atoms with van der Waals surface area (Å²) in [7, 11) is 3.41. The van der Waals surface area contributed by atoms with Gasteiger partial charge in [-0.1, -0.05) is 19.1 Å². The molecule has 0 bridgehead atoms. The molecule has 4 heteroatoms. The van der Waals surface area contributed by atoms with Gasteiger partial charge < -0.3 is 14.7 Å². The number of aliphatic hydroxyl groups is 1. The lowest BCUT2D eigenvalue weighted by Gasteiger charge is -2.25. The van der Waals surface area contributed by atoms with Crippen molar-refractivity contribution >= 4 is 5.91 Å². The molecule has 4 nitrogen and oxygen atoms in total. The van der Waals surface area contributed by atoms with Crippen LogP contribution in [0, 0.1) is 5.92 Å². The molecule has 1 aliphatic rings. The molecular formula is C17H25NO3. The summed E-state index contributed by atoms with van der Waals surface area (Å²) >= 11 is 0. The van der Waals surface area contributed by atoms with Gasteiger partial charge >= 0.3 is 0 Å². The summed E-state index contributed by atoms with van der Waals surface area (Å²) in [4.78, 5) is 14.3.